The van der Waals surface area contributed by atoms with Gasteiger partial charge in [-0.3, -0.25) is 0 Å². The Morgan fingerprint density at radius 2 is 1.14 bits per heavy atom. The molecule has 0 unspecified atom stereocenters. The van der Waals surface area contributed by atoms with Crippen molar-refractivity contribution in [3.05, 3.63) is 79.2 Å². The lowest BCUT2D eigenvalue weighted by atomic mass is 9.88. The zero-order chi connectivity index (χ0) is 14.0. The lowest BCUT2D eigenvalue weighted by molar-refractivity contribution is 1.74. The molecule has 0 amide bonds. The Morgan fingerprint density at radius 3 is 1.90 bits per heavy atom. The SMILES string of the molecule is [CH2-]c1c2ccccc2c2ccc3cccc4ccc1c2c43. The minimum Gasteiger partial charge on any atom is -0.198 e. The predicted molar refractivity (Wildman–Crippen MR) is 92.1 cm³/mol. The van der Waals surface area contributed by atoms with Crippen molar-refractivity contribution in [2.24, 2.45) is 0 Å². The van der Waals surface area contributed by atoms with Gasteiger partial charge in [-0.1, -0.05) is 65.4 Å². The van der Waals surface area contributed by atoms with Gasteiger partial charge in [0, 0.05) is 0 Å². The first-order chi connectivity index (χ1) is 10.3. The van der Waals surface area contributed by atoms with Crippen LogP contribution in [0.2, 0.25) is 0 Å². The summed E-state index contributed by atoms with van der Waals surface area (Å²) < 4.78 is 0. The van der Waals surface area contributed by atoms with Gasteiger partial charge in [-0.2, -0.15) is 12.5 Å². The summed E-state index contributed by atoms with van der Waals surface area (Å²) in [5, 5.41) is 10.5. The summed E-state index contributed by atoms with van der Waals surface area (Å²) >= 11 is 0. The van der Waals surface area contributed by atoms with Gasteiger partial charge < -0.3 is 0 Å². The van der Waals surface area contributed by atoms with Crippen LogP contribution >= 0.6 is 0 Å². The molecule has 0 aliphatic carbocycles. The molecule has 0 nitrogen and oxygen atoms in total. The van der Waals surface area contributed by atoms with Gasteiger partial charge in [0.25, 0.3) is 0 Å². The Labute approximate surface area is 123 Å². The Morgan fingerprint density at radius 1 is 0.476 bits per heavy atom. The molecule has 5 rings (SSSR count). The van der Waals surface area contributed by atoms with E-state index in [1.54, 1.807) is 0 Å². The number of fused-ring (bicyclic) bond motifs is 2. The van der Waals surface area contributed by atoms with Gasteiger partial charge >= 0.3 is 0 Å². The molecule has 0 fully saturated rings. The first-order valence-corrected chi connectivity index (χ1v) is 7.25. The van der Waals surface area contributed by atoms with Crippen molar-refractivity contribution in [2.45, 2.75) is 0 Å². The maximum absolute atomic E-state index is 4.35. The van der Waals surface area contributed by atoms with Crippen LogP contribution in [0.1, 0.15) is 5.56 Å². The molecule has 0 heterocycles. The van der Waals surface area contributed by atoms with Crippen LogP contribution in [0.3, 0.4) is 0 Å². The van der Waals surface area contributed by atoms with E-state index in [1.165, 1.54) is 43.1 Å². The molecule has 0 saturated carbocycles. The van der Waals surface area contributed by atoms with Crippen molar-refractivity contribution in [3.63, 3.8) is 0 Å². The van der Waals surface area contributed by atoms with Gasteiger partial charge in [0.15, 0.2) is 0 Å². The molecule has 0 N–H and O–H groups in total. The largest absolute Gasteiger partial charge is 0.198 e. The van der Waals surface area contributed by atoms with Crippen LogP contribution in [0.5, 0.6) is 0 Å². The summed E-state index contributed by atoms with van der Waals surface area (Å²) in [6, 6.07) is 24.0. The van der Waals surface area contributed by atoms with Crippen molar-refractivity contribution >= 4 is 43.1 Å². The molecular formula is C21H13-. The summed E-state index contributed by atoms with van der Waals surface area (Å²) in [7, 11) is 0. The summed E-state index contributed by atoms with van der Waals surface area (Å²) in [5.41, 5.74) is 1.14. The molecule has 5 aromatic rings. The average Bonchev–Trinajstić information content (AvgIpc) is 2.55. The number of rotatable bonds is 0. The third-order valence-corrected chi connectivity index (χ3v) is 4.64. The topological polar surface area (TPSA) is 0 Å². The van der Waals surface area contributed by atoms with Gasteiger partial charge in [0.1, 0.15) is 0 Å². The minimum absolute atomic E-state index is 1.14. The van der Waals surface area contributed by atoms with Crippen LogP contribution in [0.15, 0.2) is 66.7 Å². The second kappa shape index (κ2) is 3.67. The van der Waals surface area contributed by atoms with Gasteiger partial charge in [0.05, 0.1) is 0 Å². The third-order valence-electron chi connectivity index (χ3n) is 4.64. The highest BCUT2D eigenvalue weighted by Crippen LogP contribution is 2.40. The van der Waals surface area contributed by atoms with Crippen LogP contribution < -0.4 is 0 Å². The van der Waals surface area contributed by atoms with E-state index in [0.29, 0.717) is 0 Å². The Hall–Kier alpha value is -2.73. The third kappa shape index (κ3) is 1.27. The van der Waals surface area contributed by atoms with E-state index in [0.717, 1.165) is 5.56 Å². The second-order valence-corrected chi connectivity index (χ2v) is 5.70. The molecule has 0 aromatic heterocycles. The molecule has 98 valence electrons. The van der Waals surface area contributed by atoms with E-state index in [1.807, 2.05) is 0 Å². The summed E-state index contributed by atoms with van der Waals surface area (Å²) in [4.78, 5) is 0. The highest BCUT2D eigenvalue weighted by Gasteiger charge is 2.08. The van der Waals surface area contributed by atoms with Crippen LogP contribution in [-0.4, -0.2) is 0 Å². The fourth-order valence-corrected chi connectivity index (χ4v) is 3.68. The van der Waals surface area contributed by atoms with E-state index in [2.05, 4.69) is 73.7 Å². The highest BCUT2D eigenvalue weighted by molar-refractivity contribution is 6.30. The summed E-state index contributed by atoms with van der Waals surface area (Å²) in [5.74, 6) is 0. The molecular weight excluding hydrogens is 252 g/mol. The van der Waals surface area contributed by atoms with Gasteiger partial charge in [-0.05, 0) is 21.5 Å². The fraction of sp³-hybridized carbons (Fsp3) is 0. The van der Waals surface area contributed by atoms with Crippen molar-refractivity contribution in [2.75, 3.05) is 0 Å². The predicted octanol–water partition coefficient (Wildman–Crippen LogP) is 5.92. The molecule has 0 aliphatic rings. The fourth-order valence-electron chi connectivity index (χ4n) is 3.68. The summed E-state index contributed by atoms with van der Waals surface area (Å²) in [6.07, 6.45) is 0. The molecule has 0 atom stereocenters. The van der Waals surface area contributed by atoms with Crippen molar-refractivity contribution in [1.82, 2.24) is 0 Å². The summed E-state index contributed by atoms with van der Waals surface area (Å²) in [6.45, 7) is 4.35. The zero-order valence-corrected chi connectivity index (χ0v) is 11.6. The number of hydrogen-bond donors (Lipinski definition) is 0. The molecule has 0 radical (unpaired) electrons. The van der Waals surface area contributed by atoms with Crippen LogP contribution in [0, 0.1) is 6.92 Å². The van der Waals surface area contributed by atoms with Gasteiger partial charge in [0.2, 0.25) is 0 Å². The Balaban J connectivity index is 2.26. The van der Waals surface area contributed by atoms with E-state index in [4.69, 9.17) is 0 Å². The minimum atomic E-state index is 1.14. The number of hydrogen-bond acceptors (Lipinski definition) is 0. The normalized spacial score (nSPS) is 12.0. The smallest absolute Gasteiger partial charge is 0.0150 e. The monoisotopic (exact) mass is 265 g/mol. The van der Waals surface area contributed by atoms with Crippen molar-refractivity contribution < 1.29 is 0 Å². The van der Waals surface area contributed by atoms with E-state index < -0.39 is 0 Å². The lowest BCUT2D eigenvalue weighted by Gasteiger charge is -2.21. The van der Waals surface area contributed by atoms with E-state index >= 15 is 0 Å². The zero-order valence-electron chi connectivity index (χ0n) is 11.6. The quantitative estimate of drug-likeness (QED) is 0.185. The average molecular weight is 265 g/mol. The van der Waals surface area contributed by atoms with Crippen LogP contribution in [-0.2, 0) is 0 Å². The first kappa shape index (κ1) is 11.0. The highest BCUT2D eigenvalue weighted by atomic mass is 14.2. The molecule has 0 aliphatic heterocycles. The maximum atomic E-state index is 4.35. The van der Waals surface area contributed by atoms with Gasteiger partial charge in [-0.25, -0.2) is 0 Å². The lowest BCUT2D eigenvalue weighted by Crippen LogP contribution is -1.88. The van der Waals surface area contributed by atoms with E-state index in [9.17, 15) is 0 Å². The molecule has 21 heavy (non-hydrogen) atoms. The molecule has 0 bridgehead atoms. The second-order valence-electron chi connectivity index (χ2n) is 5.70. The van der Waals surface area contributed by atoms with Crippen molar-refractivity contribution in [1.29, 1.82) is 0 Å². The maximum Gasteiger partial charge on any atom is -0.0150 e. The molecule has 5 aromatic carbocycles. The molecule has 0 saturated heterocycles. The molecule has 0 spiro atoms. The molecule has 0 heteroatoms. The first-order valence-electron chi connectivity index (χ1n) is 7.25. The Kier molecular flexibility index (Phi) is 1.92. The van der Waals surface area contributed by atoms with Crippen molar-refractivity contribution in [3.8, 4) is 0 Å². The number of benzene rings is 5. The van der Waals surface area contributed by atoms with Gasteiger partial charge in [-0.15, -0.1) is 22.9 Å². The Bertz CT molecular complexity index is 1120. The van der Waals surface area contributed by atoms with Crippen LogP contribution in [0.25, 0.3) is 43.1 Å². The van der Waals surface area contributed by atoms with Crippen LogP contribution in [0.4, 0.5) is 0 Å². The van der Waals surface area contributed by atoms with E-state index in [-0.39, 0.29) is 0 Å². The standard InChI is InChI=1S/C21H13/c1-13-16-7-2-3-8-18(16)19-12-10-15-6-4-5-14-9-11-17(13)21(19)20(14)15/h2-12H,1H2/q-1.